The normalized spacial score (nSPS) is 10.6. The monoisotopic (exact) mass is 528 g/mol. The lowest BCUT2D eigenvalue weighted by atomic mass is 10.1. The predicted molar refractivity (Wildman–Crippen MR) is 139 cm³/mol. The van der Waals surface area contributed by atoms with E-state index in [1.165, 1.54) is 68.1 Å². The van der Waals surface area contributed by atoms with Crippen LogP contribution in [0.4, 0.5) is 11.4 Å². The van der Waals surface area contributed by atoms with Gasteiger partial charge in [-0.3, -0.25) is 19.7 Å². The summed E-state index contributed by atoms with van der Waals surface area (Å²) in [6, 6.07) is 19.0. The average molecular weight is 528 g/mol. The van der Waals surface area contributed by atoms with Crippen LogP contribution < -0.4 is 20.2 Å². The summed E-state index contributed by atoms with van der Waals surface area (Å²) in [7, 11) is 1.41. The molecule has 0 saturated heterocycles. The van der Waals surface area contributed by atoms with Crippen LogP contribution in [0.2, 0.25) is 0 Å². The van der Waals surface area contributed by atoms with E-state index in [1.807, 2.05) is 0 Å². The number of hydrazone groups is 1. The Morgan fingerprint density at radius 3 is 2.41 bits per heavy atom. The van der Waals surface area contributed by atoms with Crippen molar-refractivity contribution < 1.29 is 33.2 Å². The van der Waals surface area contributed by atoms with Crippen molar-refractivity contribution in [1.29, 1.82) is 0 Å². The number of ether oxygens (including phenoxy) is 2. The Hall–Kier alpha value is -5.78. The molecule has 12 heteroatoms. The lowest BCUT2D eigenvalue weighted by Gasteiger charge is -2.09. The SMILES string of the molecule is COc1cc(C=NNC(=O)c2cccc(NC(=O)c3ccc([N+](=O)[O-])cc3)c2)ccc1OC(=O)c1ccco1. The third kappa shape index (κ3) is 6.71. The molecule has 0 saturated carbocycles. The molecule has 1 heterocycles. The Balaban J connectivity index is 1.36. The largest absolute Gasteiger partial charge is 0.493 e. The van der Waals surface area contributed by atoms with E-state index in [2.05, 4.69) is 15.8 Å². The number of benzene rings is 3. The molecule has 1 aromatic heterocycles. The van der Waals surface area contributed by atoms with Crippen LogP contribution in [0.25, 0.3) is 0 Å². The first-order chi connectivity index (χ1) is 18.8. The lowest BCUT2D eigenvalue weighted by Crippen LogP contribution is -2.18. The van der Waals surface area contributed by atoms with Crippen molar-refractivity contribution in [3.8, 4) is 11.5 Å². The molecule has 2 N–H and O–H groups in total. The number of rotatable bonds is 9. The quantitative estimate of drug-likeness (QED) is 0.106. The minimum atomic E-state index is -0.682. The Kier molecular flexibility index (Phi) is 8.07. The summed E-state index contributed by atoms with van der Waals surface area (Å²) < 4.78 is 15.6. The standard InChI is InChI=1S/C27H20N4O8/c1-37-24-14-17(7-12-22(24)39-27(34)23-6-3-13-38-23)16-28-30-26(33)19-4-2-5-20(15-19)29-25(32)18-8-10-21(11-9-18)31(35)36/h2-16H,1H3,(H,29,32)(H,30,33). The minimum Gasteiger partial charge on any atom is -0.493 e. The molecular formula is C27H20N4O8. The van der Waals surface area contributed by atoms with Crippen molar-refractivity contribution in [2.24, 2.45) is 5.10 Å². The van der Waals surface area contributed by atoms with Crippen molar-refractivity contribution in [3.63, 3.8) is 0 Å². The summed E-state index contributed by atoms with van der Waals surface area (Å²) in [4.78, 5) is 47.3. The number of carbonyl (C=O) groups is 3. The Labute approximate surface area is 221 Å². The molecule has 0 atom stereocenters. The zero-order chi connectivity index (χ0) is 27.8. The molecule has 4 aromatic rings. The number of hydrogen-bond donors (Lipinski definition) is 2. The van der Waals surface area contributed by atoms with Gasteiger partial charge in [0.05, 0.1) is 24.5 Å². The Morgan fingerprint density at radius 1 is 0.923 bits per heavy atom. The second-order valence-electron chi connectivity index (χ2n) is 7.82. The fourth-order valence-corrected chi connectivity index (χ4v) is 3.30. The fraction of sp³-hybridized carbons (Fsp3) is 0.0370. The van der Waals surface area contributed by atoms with Gasteiger partial charge >= 0.3 is 5.97 Å². The smallest absolute Gasteiger partial charge is 0.379 e. The highest BCUT2D eigenvalue weighted by molar-refractivity contribution is 6.05. The maximum atomic E-state index is 12.6. The molecule has 3 aromatic carbocycles. The van der Waals surface area contributed by atoms with Crippen molar-refractivity contribution >= 4 is 35.4 Å². The van der Waals surface area contributed by atoms with E-state index in [0.717, 1.165) is 0 Å². The number of carbonyl (C=O) groups excluding carboxylic acids is 3. The highest BCUT2D eigenvalue weighted by Crippen LogP contribution is 2.28. The zero-order valence-electron chi connectivity index (χ0n) is 20.3. The summed E-state index contributed by atoms with van der Waals surface area (Å²) in [6.07, 6.45) is 2.73. The minimum absolute atomic E-state index is 0.0420. The first kappa shape index (κ1) is 26.3. The van der Waals surface area contributed by atoms with E-state index in [4.69, 9.17) is 13.9 Å². The molecule has 4 rings (SSSR count). The number of methoxy groups -OCH3 is 1. The fourth-order valence-electron chi connectivity index (χ4n) is 3.30. The first-order valence-electron chi connectivity index (χ1n) is 11.3. The van der Waals surface area contributed by atoms with Gasteiger partial charge in [-0.25, -0.2) is 10.2 Å². The number of anilines is 1. The topological polar surface area (TPSA) is 162 Å². The van der Waals surface area contributed by atoms with Gasteiger partial charge in [-0.05, 0) is 66.2 Å². The first-order valence-corrected chi connectivity index (χ1v) is 11.3. The third-order valence-electron chi connectivity index (χ3n) is 5.22. The van der Waals surface area contributed by atoms with Crippen molar-refractivity contribution in [2.75, 3.05) is 12.4 Å². The van der Waals surface area contributed by atoms with Gasteiger partial charge in [-0.15, -0.1) is 0 Å². The highest BCUT2D eigenvalue weighted by Gasteiger charge is 2.15. The molecule has 0 aliphatic rings. The summed E-state index contributed by atoms with van der Waals surface area (Å²) in [5, 5.41) is 17.4. The lowest BCUT2D eigenvalue weighted by molar-refractivity contribution is -0.384. The van der Waals surface area contributed by atoms with Crippen molar-refractivity contribution in [1.82, 2.24) is 5.43 Å². The van der Waals surface area contributed by atoms with Crippen LogP contribution in [-0.4, -0.2) is 36.0 Å². The molecule has 0 bridgehead atoms. The summed E-state index contributed by atoms with van der Waals surface area (Å²) in [5.41, 5.74) is 3.61. The average Bonchev–Trinajstić information content (AvgIpc) is 3.49. The Bertz CT molecular complexity index is 1550. The number of nitro benzene ring substituents is 1. The number of nitrogens with zero attached hydrogens (tertiary/aromatic N) is 2. The molecule has 0 aliphatic heterocycles. The highest BCUT2D eigenvalue weighted by atomic mass is 16.6. The number of nitrogens with one attached hydrogen (secondary N) is 2. The second kappa shape index (κ2) is 12.0. The third-order valence-corrected chi connectivity index (χ3v) is 5.22. The molecule has 2 amide bonds. The molecule has 39 heavy (non-hydrogen) atoms. The number of esters is 1. The molecule has 196 valence electrons. The van der Waals surface area contributed by atoms with Crippen molar-refractivity contribution in [3.05, 3.63) is 118 Å². The second-order valence-corrected chi connectivity index (χ2v) is 7.82. The zero-order valence-corrected chi connectivity index (χ0v) is 20.3. The maximum Gasteiger partial charge on any atom is 0.379 e. The number of hydrogen-bond acceptors (Lipinski definition) is 9. The van der Waals surface area contributed by atoms with Crippen LogP contribution in [-0.2, 0) is 0 Å². The molecule has 0 spiro atoms. The van der Waals surface area contributed by atoms with Crippen molar-refractivity contribution in [2.45, 2.75) is 0 Å². The van der Waals surface area contributed by atoms with Gasteiger partial charge in [0.2, 0.25) is 5.76 Å². The van der Waals surface area contributed by atoms with E-state index in [-0.39, 0.29) is 34.1 Å². The predicted octanol–water partition coefficient (Wildman–Crippen LogP) is 4.43. The molecule has 12 nitrogen and oxygen atoms in total. The number of amides is 2. The molecule has 0 fully saturated rings. The van der Waals surface area contributed by atoms with Crippen LogP contribution in [0.1, 0.15) is 36.8 Å². The summed E-state index contributed by atoms with van der Waals surface area (Å²) >= 11 is 0. The van der Waals surface area contributed by atoms with Gasteiger partial charge in [0.1, 0.15) is 0 Å². The summed E-state index contributed by atoms with van der Waals surface area (Å²) in [5.74, 6) is -1.23. The number of nitro groups is 1. The van der Waals surface area contributed by atoms with Crippen LogP contribution in [0.15, 0.2) is 94.6 Å². The molecule has 0 radical (unpaired) electrons. The van der Waals surface area contributed by atoms with E-state index in [1.54, 1.807) is 30.3 Å². The molecule has 0 aliphatic carbocycles. The van der Waals surface area contributed by atoms with E-state index in [0.29, 0.717) is 11.3 Å². The molecular weight excluding hydrogens is 508 g/mol. The van der Waals surface area contributed by atoms with E-state index in [9.17, 15) is 24.5 Å². The number of non-ortho nitro benzene ring substituents is 1. The van der Waals surface area contributed by atoms with E-state index >= 15 is 0 Å². The van der Waals surface area contributed by atoms with Gasteiger partial charge in [-0.1, -0.05) is 6.07 Å². The van der Waals surface area contributed by atoms with Gasteiger partial charge in [0, 0.05) is 28.9 Å². The maximum absolute atomic E-state index is 12.6. The van der Waals surface area contributed by atoms with Crippen LogP contribution >= 0.6 is 0 Å². The molecule has 0 unspecified atom stereocenters. The van der Waals surface area contributed by atoms with Gasteiger partial charge < -0.3 is 19.2 Å². The van der Waals surface area contributed by atoms with Gasteiger partial charge in [0.15, 0.2) is 11.5 Å². The van der Waals surface area contributed by atoms with Gasteiger partial charge in [0.25, 0.3) is 17.5 Å². The van der Waals surface area contributed by atoms with E-state index < -0.39 is 22.7 Å². The van der Waals surface area contributed by atoms with Crippen LogP contribution in [0.5, 0.6) is 11.5 Å². The van der Waals surface area contributed by atoms with Crippen LogP contribution in [0.3, 0.4) is 0 Å². The number of furan rings is 1. The van der Waals surface area contributed by atoms with Gasteiger partial charge in [-0.2, -0.15) is 5.10 Å². The summed E-state index contributed by atoms with van der Waals surface area (Å²) in [6.45, 7) is 0. The van der Waals surface area contributed by atoms with Crippen LogP contribution in [0, 0.1) is 10.1 Å². The Morgan fingerprint density at radius 2 is 1.72 bits per heavy atom.